The average Bonchev–Trinajstić information content (AvgIpc) is 0.918. The monoisotopic (exact) mass is 170 g/mol. The third-order valence-corrected chi connectivity index (χ3v) is 0. The van der Waals surface area contributed by atoms with Gasteiger partial charge in [0.15, 0.2) is 0 Å². The van der Waals surface area contributed by atoms with E-state index >= 15 is 0 Å². The van der Waals surface area contributed by atoms with Crippen LogP contribution in [-0.2, 0) is 25.7 Å². The van der Waals surface area contributed by atoms with Crippen LogP contribution in [0.4, 0.5) is 0 Å². The van der Waals surface area contributed by atoms with Crippen LogP contribution in [0, 0.1) is 0 Å². The molecule has 0 fully saturated rings. The van der Waals surface area contributed by atoms with Gasteiger partial charge in [-0.1, -0.05) is 0 Å². The van der Waals surface area contributed by atoms with Crippen molar-refractivity contribution in [1.29, 1.82) is 0 Å². The smallest absolute Gasteiger partial charge is 2.00 e. The molecule has 0 heterocycles. The Labute approximate surface area is 72.8 Å². The summed E-state index contributed by atoms with van der Waals surface area (Å²) in [6.07, 6.45) is 0. The van der Waals surface area contributed by atoms with E-state index in [0.29, 0.717) is 0 Å². The van der Waals surface area contributed by atoms with Crippen molar-refractivity contribution in [2.45, 2.75) is 0 Å². The first-order chi connectivity index (χ1) is 1.41. The van der Waals surface area contributed by atoms with E-state index in [2.05, 4.69) is 0 Å². The summed E-state index contributed by atoms with van der Waals surface area (Å²) in [6, 6.07) is 0. The molecule has 0 aromatic heterocycles. The van der Waals surface area contributed by atoms with Crippen LogP contribution in [0.2, 0.25) is 0 Å². The molecule has 0 radical (unpaired) electrons. The molecule has 0 saturated heterocycles. The van der Waals surface area contributed by atoms with E-state index in [4.69, 9.17) is 6.65 Å². The van der Waals surface area contributed by atoms with Gasteiger partial charge < -0.3 is 2.85 Å². The maximum Gasteiger partial charge on any atom is 2.00 e. The summed E-state index contributed by atoms with van der Waals surface area (Å²) in [5.41, 5.74) is 0. The Morgan fingerprint density at radius 3 is 1.50 bits per heavy atom. The zero-order valence-corrected chi connectivity index (χ0v) is 7.06. The fourth-order valence-electron chi connectivity index (χ4n) is 0. The number of hydrogen-bond acceptors (Lipinski definition) is 2. The van der Waals surface area contributed by atoms with Gasteiger partial charge in [0.25, 0.3) is 0 Å². The molecule has 0 unspecified atom stereocenters. The molecule has 0 amide bonds. The summed E-state index contributed by atoms with van der Waals surface area (Å²) >= 11 is -2.00. The van der Waals surface area contributed by atoms with Gasteiger partial charge in [-0.3, -0.25) is 0 Å². The first kappa shape index (κ1) is 9.25. The minimum Gasteiger partial charge on any atom is 2.00 e. The number of hydrogen-bond donors (Lipinski definition) is 0. The largest absolute Gasteiger partial charge is 2.00 e. The molecule has 0 aromatic rings. The van der Waals surface area contributed by atoms with E-state index in [0.717, 1.165) is 0 Å². The van der Waals surface area contributed by atoms with Crippen LogP contribution in [-0.4, -0.2) is 45.5 Å². The Balaban J connectivity index is -0.00000000667. The summed E-state index contributed by atoms with van der Waals surface area (Å²) in [7, 11) is 0. The van der Waals surface area contributed by atoms with Gasteiger partial charge in [-0.25, -0.2) is 0 Å². The van der Waals surface area contributed by atoms with Crippen LogP contribution in [0.15, 0.2) is 0 Å². The topological polar surface area (TPSA) is 34.1 Å². The Bertz CT molecular complexity index is 32.5. The second kappa shape index (κ2) is 8.84. The molecular weight excluding hydrogens is 167 g/mol. The molecule has 0 aliphatic rings. The second-order valence-corrected chi connectivity index (χ2v) is 0.344. The van der Waals surface area contributed by atoms with Gasteiger partial charge in [-0.15, -0.1) is 0 Å². The summed E-state index contributed by atoms with van der Waals surface area (Å²) in [4.78, 5) is 0. The quantitative estimate of drug-likeness (QED) is 0.463. The van der Waals surface area contributed by atoms with E-state index in [9.17, 15) is 0 Å². The SMILES string of the molecule is [H-].[H-].[O]=[Ti]=[O].[Sr+2]. The molecule has 20 valence electrons. The van der Waals surface area contributed by atoms with E-state index in [1.807, 2.05) is 0 Å². The summed E-state index contributed by atoms with van der Waals surface area (Å²) < 4.78 is 17.0. The van der Waals surface area contributed by atoms with Gasteiger partial charge in [-0.05, 0) is 0 Å². The first-order valence-corrected chi connectivity index (χ1v) is 1.68. The fourth-order valence-corrected chi connectivity index (χ4v) is 0. The standard InChI is InChI=1S/2O.Sr.Ti.2H/q;;+2;;2*-1. The number of rotatable bonds is 0. The van der Waals surface area contributed by atoms with E-state index in [1.165, 1.54) is 0 Å². The fraction of sp³-hybridized carbons (Fsp3) is 0. The third kappa shape index (κ3) is 9.20. The second-order valence-electron chi connectivity index (χ2n) is 0.0833. The maximum absolute atomic E-state index is 8.50. The van der Waals surface area contributed by atoms with Crippen molar-refractivity contribution < 1.29 is 28.6 Å². The molecule has 0 aromatic carbocycles. The van der Waals surface area contributed by atoms with E-state index < -0.39 is 19.1 Å². The molecule has 0 N–H and O–H groups in total. The van der Waals surface area contributed by atoms with Gasteiger partial charge in [0.1, 0.15) is 0 Å². The van der Waals surface area contributed by atoms with Crippen LogP contribution in [0.5, 0.6) is 0 Å². The Morgan fingerprint density at radius 2 is 1.50 bits per heavy atom. The molecule has 0 saturated carbocycles. The van der Waals surface area contributed by atoms with Crippen LogP contribution in [0.25, 0.3) is 0 Å². The molecule has 0 bridgehead atoms. The molecule has 4 heteroatoms. The molecule has 0 atom stereocenters. The molecule has 0 aliphatic heterocycles. The minimum atomic E-state index is -2.00. The van der Waals surface area contributed by atoms with Crippen molar-refractivity contribution in [2.75, 3.05) is 0 Å². The molecule has 2 nitrogen and oxygen atoms in total. The predicted octanol–water partition coefficient (Wildman–Crippen LogP) is -0.396. The van der Waals surface area contributed by atoms with Crippen LogP contribution in [0.3, 0.4) is 0 Å². The molecule has 4 heavy (non-hydrogen) atoms. The Kier molecular flexibility index (Phi) is 20.4. The third-order valence-electron chi connectivity index (χ3n) is 0. The van der Waals surface area contributed by atoms with Crippen LogP contribution in [0.1, 0.15) is 2.85 Å². The van der Waals surface area contributed by atoms with Crippen molar-refractivity contribution in [3.05, 3.63) is 0 Å². The van der Waals surface area contributed by atoms with Gasteiger partial charge >= 0.3 is 71.2 Å². The van der Waals surface area contributed by atoms with E-state index in [1.54, 1.807) is 0 Å². The minimum absolute atomic E-state index is 0. The normalized spacial score (nSPS) is 2.00. The van der Waals surface area contributed by atoms with Gasteiger partial charge in [0.2, 0.25) is 0 Å². The summed E-state index contributed by atoms with van der Waals surface area (Å²) in [6.45, 7) is 0. The van der Waals surface area contributed by atoms with Crippen LogP contribution >= 0.6 is 0 Å². The molecule has 0 aliphatic carbocycles. The summed E-state index contributed by atoms with van der Waals surface area (Å²) in [5, 5.41) is 0. The Morgan fingerprint density at radius 1 is 1.50 bits per heavy atom. The summed E-state index contributed by atoms with van der Waals surface area (Å²) in [5.74, 6) is 0. The molecule has 0 rings (SSSR count). The maximum atomic E-state index is 8.50. The van der Waals surface area contributed by atoms with Gasteiger partial charge in [0.05, 0.1) is 0 Å². The van der Waals surface area contributed by atoms with Crippen molar-refractivity contribution in [3.8, 4) is 0 Å². The van der Waals surface area contributed by atoms with Gasteiger partial charge in [-0.2, -0.15) is 0 Å². The van der Waals surface area contributed by atoms with Crippen LogP contribution < -0.4 is 0 Å². The molecular formula is H2O2SrTi. The molecule has 0 spiro atoms. The zero-order valence-electron chi connectivity index (χ0n) is 4.02. The average molecular weight is 170 g/mol. The van der Waals surface area contributed by atoms with Crippen molar-refractivity contribution in [3.63, 3.8) is 0 Å². The first-order valence-electron chi connectivity index (χ1n) is 0.408. The zero-order chi connectivity index (χ0) is 2.71. The predicted molar refractivity (Wildman–Crippen MR) is 9.35 cm³/mol. The van der Waals surface area contributed by atoms with Crippen molar-refractivity contribution in [2.24, 2.45) is 0 Å². The van der Waals surface area contributed by atoms with Crippen molar-refractivity contribution in [1.82, 2.24) is 0 Å². The Hall–Kier alpha value is 1.79. The van der Waals surface area contributed by atoms with Gasteiger partial charge in [0, 0.05) is 0 Å². The van der Waals surface area contributed by atoms with E-state index in [-0.39, 0.29) is 48.3 Å². The van der Waals surface area contributed by atoms with Crippen molar-refractivity contribution >= 4 is 45.5 Å².